The number of aromatic nitrogens is 1. The predicted molar refractivity (Wildman–Crippen MR) is 93.0 cm³/mol. The molecule has 2 aromatic carbocycles. The number of carbonyl (C=O) groups is 2. The second-order valence-electron chi connectivity index (χ2n) is 5.68. The molecule has 1 unspecified atom stereocenters. The molecule has 0 fully saturated rings. The molecule has 140 valence electrons. The molecule has 1 aromatic heterocycles. The van der Waals surface area contributed by atoms with Crippen LogP contribution in [0.3, 0.4) is 0 Å². The molecule has 3 aromatic rings. The first-order chi connectivity index (χ1) is 12.8. The van der Waals surface area contributed by atoms with Gasteiger partial charge < -0.3 is 9.67 Å². The number of aliphatic carboxylic acids is 1. The second-order valence-corrected chi connectivity index (χ2v) is 6.66. The minimum Gasteiger partial charge on any atom is -0.480 e. The van der Waals surface area contributed by atoms with E-state index in [0.29, 0.717) is 6.07 Å². The number of benzene rings is 2. The van der Waals surface area contributed by atoms with Crippen molar-refractivity contribution < 1.29 is 27.9 Å². The molecule has 0 spiro atoms. The standard InChI is InChI=1S/C18H13F3N2O3S/c1-2-13(17(25)26)23-14-5-3-4-12(21)15(14)27-18(23)22-16(24)9-6-10(19)8-11(20)7-9/h3-8,13H,2H2,1H3,(H,25,26)/b22-18-. The minimum absolute atomic E-state index is 0.0704. The highest BCUT2D eigenvalue weighted by Crippen LogP contribution is 2.25. The molecule has 1 amide bonds. The Kier molecular flexibility index (Phi) is 5.13. The molecule has 0 radical (unpaired) electrons. The van der Waals surface area contributed by atoms with Crippen LogP contribution in [0.4, 0.5) is 13.2 Å². The summed E-state index contributed by atoms with van der Waals surface area (Å²) in [6, 6.07) is 5.32. The van der Waals surface area contributed by atoms with E-state index in [1.807, 2.05) is 0 Å². The van der Waals surface area contributed by atoms with Gasteiger partial charge in [-0.3, -0.25) is 4.79 Å². The Morgan fingerprint density at radius 1 is 1.19 bits per heavy atom. The van der Waals surface area contributed by atoms with Gasteiger partial charge in [0.1, 0.15) is 23.5 Å². The number of nitrogens with zero attached hydrogens (tertiary/aromatic N) is 2. The van der Waals surface area contributed by atoms with Crippen LogP contribution in [0.2, 0.25) is 0 Å². The first-order valence-electron chi connectivity index (χ1n) is 7.89. The summed E-state index contributed by atoms with van der Waals surface area (Å²) in [5.41, 5.74) is -0.0634. The third kappa shape index (κ3) is 3.63. The van der Waals surface area contributed by atoms with Gasteiger partial charge in [0.25, 0.3) is 5.91 Å². The lowest BCUT2D eigenvalue weighted by atomic mass is 10.2. The first kappa shape index (κ1) is 18.8. The number of fused-ring (bicyclic) bond motifs is 1. The zero-order valence-corrected chi connectivity index (χ0v) is 14.8. The molecule has 3 rings (SSSR count). The Bertz CT molecular complexity index is 1100. The van der Waals surface area contributed by atoms with Crippen LogP contribution in [0.5, 0.6) is 0 Å². The average Bonchev–Trinajstić information content (AvgIpc) is 2.94. The smallest absolute Gasteiger partial charge is 0.326 e. The molecule has 5 nitrogen and oxygen atoms in total. The van der Waals surface area contributed by atoms with E-state index in [9.17, 15) is 27.9 Å². The summed E-state index contributed by atoms with van der Waals surface area (Å²) < 4.78 is 42.2. The van der Waals surface area contributed by atoms with Gasteiger partial charge in [0.15, 0.2) is 4.80 Å². The lowest BCUT2D eigenvalue weighted by molar-refractivity contribution is -0.140. The lowest BCUT2D eigenvalue weighted by Gasteiger charge is -2.13. The second kappa shape index (κ2) is 7.36. The van der Waals surface area contributed by atoms with Crippen molar-refractivity contribution in [1.82, 2.24) is 4.57 Å². The van der Waals surface area contributed by atoms with E-state index in [2.05, 4.69) is 4.99 Å². The van der Waals surface area contributed by atoms with Gasteiger partial charge >= 0.3 is 5.97 Å². The van der Waals surface area contributed by atoms with Gasteiger partial charge in [-0.25, -0.2) is 18.0 Å². The van der Waals surface area contributed by atoms with Crippen molar-refractivity contribution in [3.8, 4) is 0 Å². The zero-order valence-electron chi connectivity index (χ0n) is 13.9. The average molecular weight is 394 g/mol. The Hall–Kier alpha value is -2.94. The normalized spacial score (nSPS) is 13.1. The molecule has 1 heterocycles. The van der Waals surface area contributed by atoms with Crippen molar-refractivity contribution in [3.05, 3.63) is 64.2 Å². The molecule has 27 heavy (non-hydrogen) atoms. The summed E-state index contributed by atoms with van der Waals surface area (Å²) in [5, 5.41) is 9.49. The van der Waals surface area contributed by atoms with Crippen LogP contribution >= 0.6 is 11.3 Å². The van der Waals surface area contributed by atoms with Crippen molar-refractivity contribution in [2.24, 2.45) is 4.99 Å². The number of halogens is 3. The van der Waals surface area contributed by atoms with Gasteiger partial charge in [0, 0.05) is 11.6 Å². The van der Waals surface area contributed by atoms with Crippen LogP contribution in [0, 0.1) is 17.5 Å². The summed E-state index contributed by atoms with van der Waals surface area (Å²) in [5.74, 6) is -4.61. The monoisotopic (exact) mass is 394 g/mol. The molecule has 0 aliphatic carbocycles. The lowest BCUT2D eigenvalue weighted by Crippen LogP contribution is -2.27. The van der Waals surface area contributed by atoms with E-state index in [0.717, 1.165) is 23.5 Å². The molecular weight excluding hydrogens is 381 g/mol. The molecule has 1 atom stereocenters. The van der Waals surface area contributed by atoms with E-state index in [1.54, 1.807) is 6.92 Å². The summed E-state index contributed by atoms with van der Waals surface area (Å²) in [4.78, 5) is 27.7. The highest BCUT2D eigenvalue weighted by molar-refractivity contribution is 7.16. The minimum atomic E-state index is -1.17. The summed E-state index contributed by atoms with van der Waals surface area (Å²) in [6.45, 7) is 1.63. The molecule has 0 saturated carbocycles. The highest BCUT2D eigenvalue weighted by atomic mass is 32.1. The Labute approximate surface area is 155 Å². The molecular formula is C18H13F3N2O3S. The van der Waals surface area contributed by atoms with E-state index in [-0.39, 0.29) is 27.0 Å². The third-order valence-electron chi connectivity index (χ3n) is 3.90. The van der Waals surface area contributed by atoms with E-state index < -0.39 is 35.4 Å². The topological polar surface area (TPSA) is 71.7 Å². The van der Waals surface area contributed by atoms with E-state index >= 15 is 0 Å². The quantitative estimate of drug-likeness (QED) is 0.730. The Morgan fingerprint density at radius 3 is 2.44 bits per heavy atom. The van der Waals surface area contributed by atoms with Gasteiger partial charge in [-0.15, -0.1) is 0 Å². The summed E-state index contributed by atoms with van der Waals surface area (Å²) in [7, 11) is 0. The molecule has 9 heteroatoms. The van der Waals surface area contributed by atoms with Crippen LogP contribution < -0.4 is 4.80 Å². The molecule has 0 bridgehead atoms. The number of amides is 1. The molecule has 1 N–H and O–H groups in total. The number of hydrogen-bond donors (Lipinski definition) is 1. The first-order valence-corrected chi connectivity index (χ1v) is 8.71. The molecule has 0 aliphatic rings. The predicted octanol–water partition coefficient (Wildman–Crippen LogP) is 3.90. The SMILES string of the molecule is CCC(C(=O)O)n1/c(=N/C(=O)c2cc(F)cc(F)c2)sc2c(F)cccc21. The summed E-state index contributed by atoms with van der Waals surface area (Å²) in [6.07, 6.45) is 0.160. The highest BCUT2D eigenvalue weighted by Gasteiger charge is 2.23. The fraction of sp³-hybridized carbons (Fsp3) is 0.167. The maximum atomic E-state index is 14.1. The Morgan fingerprint density at radius 2 is 1.85 bits per heavy atom. The van der Waals surface area contributed by atoms with Crippen LogP contribution in [-0.2, 0) is 4.79 Å². The van der Waals surface area contributed by atoms with Gasteiger partial charge in [-0.2, -0.15) is 4.99 Å². The van der Waals surface area contributed by atoms with Crippen molar-refractivity contribution in [2.75, 3.05) is 0 Å². The summed E-state index contributed by atoms with van der Waals surface area (Å²) >= 11 is 0.793. The van der Waals surface area contributed by atoms with Crippen molar-refractivity contribution in [2.45, 2.75) is 19.4 Å². The third-order valence-corrected chi connectivity index (χ3v) is 4.97. The molecule has 0 saturated heterocycles. The Balaban J connectivity index is 2.26. The van der Waals surface area contributed by atoms with Crippen LogP contribution in [0.15, 0.2) is 41.4 Å². The van der Waals surface area contributed by atoms with Gasteiger partial charge in [-0.1, -0.05) is 24.3 Å². The van der Waals surface area contributed by atoms with Gasteiger partial charge in [0.05, 0.1) is 10.2 Å². The molecule has 0 aliphatic heterocycles. The number of carboxylic acid groups (broad SMARTS) is 1. The largest absolute Gasteiger partial charge is 0.480 e. The van der Waals surface area contributed by atoms with Crippen molar-refractivity contribution in [1.29, 1.82) is 0 Å². The number of carbonyl (C=O) groups excluding carboxylic acids is 1. The van der Waals surface area contributed by atoms with E-state index in [1.165, 1.54) is 22.8 Å². The fourth-order valence-electron chi connectivity index (χ4n) is 2.71. The van der Waals surface area contributed by atoms with Crippen molar-refractivity contribution in [3.63, 3.8) is 0 Å². The maximum absolute atomic E-state index is 14.1. The fourth-order valence-corrected chi connectivity index (χ4v) is 3.78. The maximum Gasteiger partial charge on any atom is 0.326 e. The van der Waals surface area contributed by atoms with Crippen LogP contribution in [0.25, 0.3) is 10.2 Å². The number of thiazole rings is 1. The van der Waals surface area contributed by atoms with Gasteiger partial charge in [0.2, 0.25) is 0 Å². The number of carboxylic acids is 1. The van der Waals surface area contributed by atoms with Crippen molar-refractivity contribution >= 4 is 33.4 Å². The van der Waals surface area contributed by atoms with Crippen LogP contribution in [-0.4, -0.2) is 21.6 Å². The van der Waals surface area contributed by atoms with Gasteiger partial charge in [-0.05, 0) is 30.7 Å². The number of hydrogen-bond acceptors (Lipinski definition) is 3. The van der Waals surface area contributed by atoms with Crippen LogP contribution in [0.1, 0.15) is 29.7 Å². The van der Waals surface area contributed by atoms with E-state index in [4.69, 9.17) is 0 Å². The zero-order chi connectivity index (χ0) is 19.7. The number of rotatable bonds is 4.